The number of carbonyl (C=O) groups excluding carboxylic acids is 1. The second kappa shape index (κ2) is 11.1. The molecule has 0 radical (unpaired) electrons. The monoisotopic (exact) mass is 479 g/mol. The summed E-state index contributed by atoms with van der Waals surface area (Å²) in [7, 11) is 1.62. The predicted octanol–water partition coefficient (Wildman–Crippen LogP) is 4.68. The van der Waals surface area contributed by atoms with Crippen molar-refractivity contribution in [3.63, 3.8) is 0 Å². The highest BCUT2D eigenvalue weighted by molar-refractivity contribution is 7.98. The summed E-state index contributed by atoms with van der Waals surface area (Å²) in [5, 5.41) is 12.9. The van der Waals surface area contributed by atoms with E-state index in [1.165, 1.54) is 0 Å². The molecule has 1 N–H and O–H groups in total. The van der Waals surface area contributed by atoms with Crippen molar-refractivity contribution in [3.05, 3.63) is 101 Å². The van der Waals surface area contributed by atoms with Gasteiger partial charge in [0.05, 0.1) is 5.69 Å². The molecular weight excluding hydrogens is 458 g/mol. The highest BCUT2D eigenvalue weighted by Gasteiger charge is 2.15. The highest BCUT2D eigenvalue weighted by Crippen LogP contribution is 2.27. The summed E-state index contributed by atoms with van der Waals surface area (Å²) in [5.41, 5.74) is 3.56. The Hall–Kier alpha value is -3.20. The van der Waals surface area contributed by atoms with Crippen LogP contribution in [0.15, 0.2) is 78.2 Å². The first-order chi connectivity index (χ1) is 16.1. The SMILES string of the molecule is COCc1nnc(SCc2ccc(C(=O)NCc3ccncc3)cc2)n1-c1cccc(Cl)c1. The average molecular weight is 480 g/mol. The molecule has 0 aliphatic carbocycles. The molecular formula is C24H22ClN5O2S. The average Bonchev–Trinajstić information content (AvgIpc) is 3.25. The molecule has 168 valence electrons. The molecule has 0 aliphatic heterocycles. The van der Waals surface area contributed by atoms with Crippen LogP contribution in [-0.4, -0.2) is 32.8 Å². The number of aromatic nitrogens is 4. The van der Waals surface area contributed by atoms with E-state index in [1.807, 2.05) is 65.2 Å². The molecule has 2 heterocycles. The number of carbonyl (C=O) groups is 1. The van der Waals surface area contributed by atoms with Gasteiger partial charge in [-0.05, 0) is 53.6 Å². The maximum absolute atomic E-state index is 12.4. The van der Waals surface area contributed by atoms with Crippen LogP contribution in [0, 0.1) is 0 Å². The number of pyridine rings is 1. The maximum atomic E-state index is 12.4. The summed E-state index contributed by atoms with van der Waals surface area (Å²) < 4.78 is 7.22. The Labute approximate surface area is 201 Å². The van der Waals surface area contributed by atoms with Crippen LogP contribution in [0.25, 0.3) is 5.69 Å². The minimum absolute atomic E-state index is 0.115. The van der Waals surface area contributed by atoms with Crippen LogP contribution in [0.1, 0.15) is 27.3 Å². The number of methoxy groups -OCH3 is 1. The number of rotatable bonds is 9. The Morgan fingerprint density at radius 2 is 1.85 bits per heavy atom. The number of halogens is 1. The van der Waals surface area contributed by atoms with Crippen molar-refractivity contribution in [2.24, 2.45) is 0 Å². The molecule has 4 aromatic rings. The van der Waals surface area contributed by atoms with Gasteiger partial charge < -0.3 is 10.1 Å². The summed E-state index contributed by atoms with van der Waals surface area (Å²) in [6.45, 7) is 0.797. The minimum Gasteiger partial charge on any atom is -0.377 e. The van der Waals surface area contributed by atoms with E-state index >= 15 is 0 Å². The molecule has 2 aromatic carbocycles. The van der Waals surface area contributed by atoms with Gasteiger partial charge in [-0.3, -0.25) is 14.3 Å². The van der Waals surface area contributed by atoms with Gasteiger partial charge in [0, 0.05) is 42.4 Å². The van der Waals surface area contributed by atoms with E-state index in [-0.39, 0.29) is 5.91 Å². The Morgan fingerprint density at radius 3 is 2.58 bits per heavy atom. The van der Waals surface area contributed by atoms with E-state index in [2.05, 4.69) is 20.5 Å². The van der Waals surface area contributed by atoms with Gasteiger partial charge in [0.1, 0.15) is 6.61 Å². The molecule has 4 rings (SSSR count). The molecule has 0 saturated heterocycles. The lowest BCUT2D eigenvalue weighted by Gasteiger charge is -2.10. The number of hydrogen-bond donors (Lipinski definition) is 1. The fourth-order valence-corrected chi connectivity index (χ4v) is 4.29. The van der Waals surface area contributed by atoms with Crippen LogP contribution in [0.3, 0.4) is 0 Å². The zero-order valence-corrected chi connectivity index (χ0v) is 19.5. The number of thioether (sulfide) groups is 1. The Bertz CT molecular complexity index is 1220. The van der Waals surface area contributed by atoms with Crippen molar-refractivity contribution in [1.82, 2.24) is 25.1 Å². The standard InChI is InChI=1S/C24H22ClN5O2S/c1-32-15-22-28-29-24(30(22)21-4-2-3-20(25)13-21)33-16-18-5-7-19(8-6-18)23(31)27-14-17-9-11-26-12-10-17/h2-13H,14-16H2,1H3,(H,27,31). The van der Waals surface area contributed by atoms with Gasteiger partial charge in [0.2, 0.25) is 0 Å². The molecule has 0 saturated carbocycles. The largest absolute Gasteiger partial charge is 0.377 e. The molecule has 0 spiro atoms. The number of benzene rings is 2. The number of ether oxygens (including phenoxy) is 1. The van der Waals surface area contributed by atoms with Crippen molar-refractivity contribution in [3.8, 4) is 5.69 Å². The minimum atomic E-state index is -0.115. The van der Waals surface area contributed by atoms with Gasteiger partial charge in [0.15, 0.2) is 11.0 Å². The Morgan fingerprint density at radius 1 is 1.06 bits per heavy atom. The third-order valence-corrected chi connectivity index (χ3v) is 6.06. The second-order valence-corrected chi connectivity index (χ2v) is 8.55. The van der Waals surface area contributed by atoms with Crippen LogP contribution >= 0.6 is 23.4 Å². The highest BCUT2D eigenvalue weighted by atomic mass is 35.5. The summed E-state index contributed by atoms with van der Waals surface area (Å²) in [6, 6.07) is 18.8. The van der Waals surface area contributed by atoms with Crippen LogP contribution in [0.4, 0.5) is 0 Å². The first-order valence-corrected chi connectivity index (χ1v) is 11.6. The fraction of sp³-hybridized carbons (Fsp3) is 0.167. The van der Waals surface area contributed by atoms with Crippen molar-refractivity contribution in [2.45, 2.75) is 24.1 Å². The molecule has 7 nitrogen and oxygen atoms in total. The molecule has 1 amide bonds. The normalized spacial score (nSPS) is 10.8. The molecule has 0 unspecified atom stereocenters. The van der Waals surface area contributed by atoms with E-state index < -0.39 is 0 Å². The number of amides is 1. The predicted molar refractivity (Wildman–Crippen MR) is 128 cm³/mol. The zero-order chi connectivity index (χ0) is 23.0. The molecule has 0 atom stereocenters. The Balaban J connectivity index is 1.42. The van der Waals surface area contributed by atoms with Gasteiger partial charge in [-0.15, -0.1) is 10.2 Å². The van der Waals surface area contributed by atoms with Gasteiger partial charge in [-0.1, -0.05) is 41.6 Å². The molecule has 9 heteroatoms. The lowest BCUT2D eigenvalue weighted by Crippen LogP contribution is -2.22. The molecule has 0 aliphatic rings. The van der Waals surface area contributed by atoms with Crippen molar-refractivity contribution < 1.29 is 9.53 Å². The van der Waals surface area contributed by atoms with Crippen LogP contribution in [-0.2, 0) is 23.6 Å². The zero-order valence-electron chi connectivity index (χ0n) is 17.9. The fourth-order valence-electron chi connectivity index (χ4n) is 3.18. The van der Waals surface area contributed by atoms with Crippen molar-refractivity contribution >= 4 is 29.3 Å². The van der Waals surface area contributed by atoms with Crippen molar-refractivity contribution in [2.75, 3.05) is 7.11 Å². The van der Waals surface area contributed by atoms with E-state index in [1.54, 1.807) is 31.3 Å². The first kappa shape index (κ1) is 23.0. The lowest BCUT2D eigenvalue weighted by molar-refractivity contribution is 0.0951. The smallest absolute Gasteiger partial charge is 0.251 e. The molecule has 33 heavy (non-hydrogen) atoms. The number of nitrogens with zero attached hydrogens (tertiary/aromatic N) is 4. The summed E-state index contributed by atoms with van der Waals surface area (Å²) in [4.78, 5) is 16.4. The topological polar surface area (TPSA) is 81.9 Å². The van der Waals surface area contributed by atoms with E-state index in [0.717, 1.165) is 22.0 Å². The van der Waals surface area contributed by atoms with Gasteiger partial charge in [0.25, 0.3) is 5.91 Å². The van der Waals surface area contributed by atoms with Gasteiger partial charge in [-0.2, -0.15) is 0 Å². The number of hydrogen-bond acceptors (Lipinski definition) is 6. The summed E-state index contributed by atoms with van der Waals surface area (Å²) >= 11 is 7.74. The van der Waals surface area contributed by atoms with Crippen LogP contribution in [0.2, 0.25) is 5.02 Å². The molecule has 0 bridgehead atoms. The van der Waals surface area contributed by atoms with Gasteiger partial charge in [-0.25, -0.2) is 0 Å². The number of nitrogens with one attached hydrogen (secondary N) is 1. The second-order valence-electron chi connectivity index (χ2n) is 7.17. The first-order valence-electron chi connectivity index (χ1n) is 10.2. The molecule has 2 aromatic heterocycles. The maximum Gasteiger partial charge on any atom is 0.251 e. The van der Waals surface area contributed by atoms with E-state index in [0.29, 0.717) is 35.3 Å². The lowest BCUT2D eigenvalue weighted by atomic mass is 10.1. The third kappa shape index (κ3) is 5.98. The summed E-state index contributed by atoms with van der Waals surface area (Å²) in [6.07, 6.45) is 3.42. The third-order valence-electron chi connectivity index (χ3n) is 4.83. The van der Waals surface area contributed by atoms with Crippen LogP contribution in [0.5, 0.6) is 0 Å². The van der Waals surface area contributed by atoms with E-state index in [4.69, 9.17) is 16.3 Å². The Kier molecular flexibility index (Phi) is 7.72. The van der Waals surface area contributed by atoms with Crippen LogP contribution < -0.4 is 5.32 Å². The summed E-state index contributed by atoms with van der Waals surface area (Å²) in [5.74, 6) is 1.25. The van der Waals surface area contributed by atoms with Gasteiger partial charge >= 0.3 is 0 Å². The van der Waals surface area contributed by atoms with E-state index in [9.17, 15) is 4.79 Å². The van der Waals surface area contributed by atoms with Crippen molar-refractivity contribution in [1.29, 1.82) is 0 Å². The molecule has 0 fully saturated rings. The quantitative estimate of drug-likeness (QED) is 0.351.